The molecule has 5 heteroatoms. The largest absolute Gasteiger partial charge is 0.391 e. The van der Waals surface area contributed by atoms with Crippen LogP contribution in [0.5, 0.6) is 0 Å². The molecule has 0 saturated heterocycles. The lowest BCUT2D eigenvalue weighted by molar-refractivity contribution is 0.00343. The molecule has 0 aliphatic carbocycles. The maximum Gasteiger partial charge on any atom is 0.0774 e. The highest BCUT2D eigenvalue weighted by Crippen LogP contribution is 2.25. The van der Waals surface area contributed by atoms with E-state index in [2.05, 4.69) is 0 Å². The number of hydrogen-bond acceptors (Lipinski definition) is 3. The van der Waals surface area contributed by atoms with E-state index in [-0.39, 0.29) is 13.2 Å². The first-order chi connectivity index (χ1) is 8.79. The first-order valence-corrected chi connectivity index (χ1v) is 6.96. The van der Waals surface area contributed by atoms with Gasteiger partial charge in [-0.2, -0.15) is 0 Å². The minimum Gasteiger partial charge on any atom is -0.391 e. The minimum absolute atomic E-state index is 0.192. The third-order valence-electron chi connectivity index (χ3n) is 2.71. The quantitative estimate of drug-likeness (QED) is 0.811. The van der Waals surface area contributed by atoms with Crippen LogP contribution >= 0.6 is 23.2 Å². The van der Waals surface area contributed by atoms with E-state index in [0.29, 0.717) is 22.9 Å². The molecule has 1 aromatic carbocycles. The monoisotopic (exact) mass is 306 g/mol. The van der Waals surface area contributed by atoms with Gasteiger partial charge >= 0.3 is 0 Å². The van der Waals surface area contributed by atoms with Gasteiger partial charge in [-0.05, 0) is 38.8 Å². The van der Waals surface area contributed by atoms with E-state index in [4.69, 9.17) is 27.9 Å². The standard InChI is InChI=1S/C14H20Cl2O3/c1-14(2,18)7-6-10(17)8-19-9-11-12(15)4-3-5-13(11)16/h3-5,10,17-18H,6-9H2,1-2H3. The average molecular weight is 307 g/mol. The summed E-state index contributed by atoms with van der Waals surface area (Å²) in [5.74, 6) is 0. The third-order valence-corrected chi connectivity index (χ3v) is 3.42. The molecule has 0 heterocycles. The summed E-state index contributed by atoms with van der Waals surface area (Å²) in [6.07, 6.45) is 0.400. The zero-order chi connectivity index (χ0) is 14.5. The molecule has 1 aromatic rings. The van der Waals surface area contributed by atoms with Crippen molar-refractivity contribution in [2.75, 3.05) is 6.61 Å². The molecule has 0 aliphatic heterocycles. The van der Waals surface area contributed by atoms with Gasteiger partial charge < -0.3 is 14.9 Å². The number of rotatable bonds is 7. The fourth-order valence-corrected chi connectivity index (χ4v) is 2.08. The van der Waals surface area contributed by atoms with Crippen molar-refractivity contribution in [1.82, 2.24) is 0 Å². The second-order valence-corrected chi connectivity index (χ2v) is 6.03. The number of hydrogen-bond donors (Lipinski definition) is 2. The van der Waals surface area contributed by atoms with Crippen molar-refractivity contribution in [3.8, 4) is 0 Å². The average Bonchev–Trinajstić information content (AvgIpc) is 2.29. The normalized spacial score (nSPS) is 13.6. The van der Waals surface area contributed by atoms with E-state index >= 15 is 0 Å². The topological polar surface area (TPSA) is 49.7 Å². The van der Waals surface area contributed by atoms with E-state index in [1.165, 1.54) is 0 Å². The van der Waals surface area contributed by atoms with Crippen LogP contribution in [0.2, 0.25) is 10.0 Å². The van der Waals surface area contributed by atoms with Gasteiger partial charge in [0.15, 0.2) is 0 Å². The SMILES string of the molecule is CC(C)(O)CCC(O)COCc1c(Cl)cccc1Cl. The molecule has 3 nitrogen and oxygen atoms in total. The maximum absolute atomic E-state index is 9.73. The van der Waals surface area contributed by atoms with Crippen LogP contribution in [-0.2, 0) is 11.3 Å². The molecule has 0 radical (unpaired) electrons. The van der Waals surface area contributed by atoms with Crippen molar-refractivity contribution in [2.24, 2.45) is 0 Å². The lowest BCUT2D eigenvalue weighted by Crippen LogP contribution is -2.23. The summed E-state index contributed by atoms with van der Waals surface area (Å²) < 4.78 is 5.41. The molecular formula is C14H20Cl2O3. The van der Waals surface area contributed by atoms with Gasteiger partial charge in [0, 0.05) is 15.6 Å². The highest BCUT2D eigenvalue weighted by atomic mass is 35.5. The first kappa shape index (κ1) is 16.7. The molecule has 0 bridgehead atoms. The Morgan fingerprint density at radius 3 is 2.37 bits per heavy atom. The van der Waals surface area contributed by atoms with Crippen LogP contribution in [0.15, 0.2) is 18.2 Å². The van der Waals surface area contributed by atoms with Crippen LogP contribution in [0.1, 0.15) is 32.3 Å². The minimum atomic E-state index is -0.771. The van der Waals surface area contributed by atoms with E-state index in [9.17, 15) is 10.2 Å². The van der Waals surface area contributed by atoms with Gasteiger partial charge in [-0.25, -0.2) is 0 Å². The predicted octanol–water partition coefficient (Wildman–Crippen LogP) is 3.42. The summed E-state index contributed by atoms with van der Waals surface area (Å²) in [5, 5.41) is 20.4. The molecule has 0 fully saturated rings. The molecule has 0 aromatic heterocycles. The molecule has 0 aliphatic rings. The number of ether oxygens (including phenoxy) is 1. The lowest BCUT2D eigenvalue weighted by Gasteiger charge is -2.19. The van der Waals surface area contributed by atoms with Gasteiger partial charge in [-0.3, -0.25) is 0 Å². The van der Waals surface area contributed by atoms with Gasteiger partial charge in [-0.15, -0.1) is 0 Å². The summed E-state index contributed by atoms with van der Waals surface area (Å²) >= 11 is 12.0. The lowest BCUT2D eigenvalue weighted by atomic mass is 10.0. The summed E-state index contributed by atoms with van der Waals surface area (Å²) in [6.45, 7) is 3.88. The molecule has 0 saturated carbocycles. The Labute approximate surface area is 124 Å². The summed E-state index contributed by atoms with van der Waals surface area (Å²) in [4.78, 5) is 0. The van der Waals surface area contributed by atoms with Crippen molar-refractivity contribution in [3.05, 3.63) is 33.8 Å². The highest BCUT2D eigenvalue weighted by molar-refractivity contribution is 6.35. The van der Waals surface area contributed by atoms with E-state index in [1.54, 1.807) is 32.0 Å². The molecule has 0 amide bonds. The fourth-order valence-electron chi connectivity index (χ4n) is 1.57. The zero-order valence-corrected chi connectivity index (χ0v) is 12.7. The Morgan fingerprint density at radius 1 is 1.26 bits per heavy atom. The third kappa shape index (κ3) is 6.59. The Balaban J connectivity index is 2.34. The Bertz CT molecular complexity index is 382. The summed E-state index contributed by atoms with van der Waals surface area (Å²) in [5.41, 5.74) is -0.0481. The zero-order valence-electron chi connectivity index (χ0n) is 11.2. The van der Waals surface area contributed by atoms with E-state index in [0.717, 1.165) is 5.56 Å². The fraction of sp³-hybridized carbons (Fsp3) is 0.571. The van der Waals surface area contributed by atoms with Crippen molar-refractivity contribution >= 4 is 23.2 Å². The summed E-state index contributed by atoms with van der Waals surface area (Å²) in [7, 11) is 0. The molecular weight excluding hydrogens is 287 g/mol. The Hall–Kier alpha value is -0.320. The van der Waals surface area contributed by atoms with Crippen LogP contribution < -0.4 is 0 Å². The van der Waals surface area contributed by atoms with Gasteiger partial charge in [0.2, 0.25) is 0 Å². The summed E-state index contributed by atoms with van der Waals surface area (Å²) in [6, 6.07) is 5.26. The smallest absolute Gasteiger partial charge is 0.0774 e. The van der Waals surface area contributed by atoms with Crippen molar-refractivity contribution < 1.29 is 14.9 Å². The van der Waals surface area contributed by atoms with Gasteiger partial charge in [0.05, 0.1) is 24.9 Å². The van der Waals surface area contributed by atoms with Crippen LogP contribution in [0, 0.1) is 0 Å². The molecule has 1 atom stereocenters. The van der Waals surface area contributed by atoms with E-state index < -0.39 is 11.7 Å². The maximum atomic E-state index is 9.73. The molecule has 19 heavy (non-hydrogen) atoms. The second-order valence-electron chi connectivity index (χ2n) is 5.22. The molecule has 1 unspecified atom stereocenters. The van der Waals surface area contributed by atoms with Crippen LogP contribution in [-0.4, -0.2) is 28.5 Å². The van der Waals surface area contributed by atoms with Crippen LogP contribution in [0.3, 0.4) is 0 Å². The van der Waals surface area contributed by atoms with Crippen molar-refractivity contribution in [2.45, 2.75) is 45.0 Å². The number of aliphatic hydroxyl groups excluding tert-OH is 1. The Kier molecular flexibility index (Phi) is 6.57. The second kappa shape index (κ2) is 7.46. The first-order valence-electron chi connectivity index (χ1n) is 6.20. The van der Waals surface area contributed by atoms with E-state index in [1.807, 2.05) is 0 Å². The highest BCUT2D eigenvalue weighted by Gasteiger charge is 2.15. The van der Waals surface area contributed by atoms with Gasteiger partial charge in [-0.1, -0.05) is 29.3 Å². The number of aliphatic hydroxyl groups is 2. The molecule has 2 N–H and O–H groups in total. The molecule has 0 spiro atoms. The van der Waals surface area contributed by atoms with Crippen LogP contribution in [0.25, 0.3) is 0 Å². The Morgan fingerprint density at radius 2 is 1.84 bits per heavy atom. The molecule has 108 valence electrons. The van der Waals surface area contributed by atoms with Crippen molar-refractivity contribution in [3.63, 3.8) is 0 Å². The number of benzene rings is 1. The predicted molar refractivity (Wildman–Crippen MR) is 77.7 cm³/mol. The van der Waals surface area contributed by atoms with Gasteiger partial charge in [0.1, 0.15) is 0 Å². The van der Waals surface area contributed by atoms with Crippen LogP contribution in [0.4, 0.5) is 0 Å². The number of halogens is 2. The molecule has 1 rings (SSSR count). The van der Waals surface area contributed by atoms with Crippen molar-refractivity contribution in [1.29, 1.82) is 0 Å². The van der Waals surface area contributed by atoms with Gasteiger partial charge in [0.25, 0.3) is 0 Å².